The minimum absolute atomic E-state index is 0.0834. The molecule has 1 aromatic carbocycles. The van der Waals surface area contributed by atoms with Crippen LogP contribution in [0.1, 0.15) is 30.1 Å². The van der Waals surface area contributed by atoms with Crippen molar-refractivity contribution < 1.29 is 14.3 Å². The number of ether oxygens (including phenoxy) is 1. The van der Waals surface area contributed by atoms with Gasteiger partial charge in [0.1, 0.15) is 11.5 Å². The smallest absolute Gasteiger partial charge is 0.118 e. The normalized spacial score (nSPS) is 14.2. The van der Waals surface area contributed by atoms with Crippen LogP contribution in [0.5, 0.6) is 0 Å². The highest BCUT2D eigenvalue weighted by Crippen LogP contribution is 2.19. The van der Waals surface area contributed by atoms with Crippen LogP contribution in [0.4, 0.5) is 0 Å². The summed E-state index contributed by atoms with van der Waals surface area (Å²) in [6.07, 6.45) is -0.634. The van der Waals surface area contributed by atoms with Crippen LogP contribution >= 0.6 is 11.6 Å². The topological polar surface area (TPSA) is 45.8 Å². The second-order valence-corrected chi connectivity index (χ2v) is 6.33. The molecule has 5 heteroatoms. The van der Waals surface area contributed by atoms with Gasteiger partial charge in [-0.25, -0.2) is 0 Å². The predicted octanol–water partition coefficient (Wildman–Crippen LogP) is 3.81. The standard InChI is InChI=1S/C18H24ClNO3/c1-13-4-9-18(23-13)11-20(3)10-17(21)12-22-14(2)15-5-7-16(19)8-6-15/h4-9,14,17,21H,10-12H2,1-3H3. The van der Waals surface area contributed by atoms with E-state index in [1.807, 2.05) is 62.2 Å². The third-order valence-corrected chi connectivity index (χ3v) is 3.87. The first-order valence-electron chi connectivity index (χ1n) is 7.73. The highest BCUT2D eigenvalue weighted by Gasteiger charge is 2.13. The van der Waals surface area contributed by atoms with E-state index in [-0.39, 0.29) is 12.7 Å². The number of nitrogens with zero attached hydrogens (tertiary/aromatic N) is 1. The molecule has 0 spiro atoms. The highest BCUT2D eigenvalue weighted by molar-refractivity contribution is 6.30. The van der Waals surface area contributed by atoms with Crippen molar-refractivity contribution in [2.24, 2.45) is 0 Å². The fraction of sp³-hybridized carbons (Fsp3) is 0.444. The molecular weight excluding hydrogens is 314 g/mol. The molecule has 126 valence electrons. The molecule has 0 fully saturated rings. The summed E-state index contributed by atoms with van der Waals surface area (Å²) in [5.74, 6) is 1.79. The van der Waals surface area contributed by atoms with Crippen molar-refractivity contribution in [3.8, 4) is 0 Å². The van der Waals surface area contributed by atoms with Gasteiger partial charge in [0.05, 0.1) is 25.4 Å². The summed E-state index contributed by atoms with van der Waals surface area (Å²) >= 11 is 5.88. The van der Waals surface area contributed by atoms with Gasteiger partial charge in [0.25, 0.3) is 0 Å². The molecule has 0 amide bonds. The molecule has 2 atom stereocenters. The predicted molar refractivity (Wildman–Crippen MR) is 91.6 cm³/mol. The van der Waals surface area contributed by atoms with Crippen LogP contribution in [-0.2, 0) is 11.3 Å². The molecule has 0 radical (unpaired) electrons. The lowest BCUT2D eigenvalue weighted by Crippen LogP contribution is -2.32. The zero-order valence-electron chi connectivity index (χ0n) is 13.8. The Morgan fingerprint density at radius 1 is 1.22 bits per heavy atom. The maximum atomic E-state index is 10.1. The first-order chi connectivity index (χ1) is 10.9. The largest absolute Gasteiger partial charge is 0.465 e. The number of likely N-dealkylation sites (N-methyl/N-ethyl adjacent to an activating group) is 1. The van der Waals surface area contributed by atoms with Gasteiger partial charge >= 0.3 is 0 Å². The van der Waals surface area contributed by atoms with Gasteiger partial charge in [-0.15, -0.1) is 0 Å². The minimum Gasteiger partial charge on any atom is -0.465 e. The van der Waals surface area contributed by atoms with Crippen LogP contribution in [0.3, 0.4) is 0 Å². The van der Waals surface area contributed by atoms with Gasteiger partial charge in [0, 0.05) is 11.6 Å². The molecule has 0 saturated heterocycles. The lowest BCUT2D eigenvalue weighted by Gasteiger charge is -2.21. The van der Waals surface area contributed by atoms with E-state index in [2.05, 4.69) is 0 Å². The summed E-state index contributed by atoms with van der Waals surface area (Å²) in [4.78, 5) is 2.01. The number of hydrogen-bond donors (Lipinski definition) is 1. The molecule has 1 aromatic heterocycles. The van der Waals surface area contributed by atoms with E-state index in [9.17, 15) is 5.11 Å². The number of hydrogen-bond acceptors (Lipinski definition) is 4. The van der Waals surface area contributed by atoms with Crippen LogP contribution in [0.2, 0.25) is 5.02 Å². The van der Waals surface area contributed by atoms with Crippen molar-refractivity contribution in [1.82, 2.24) is 4.90 Å². The monoisotopic (exact) mass is 337 g/mol. The third kappa shape index (κ3) is 5.99. The second-order valence-electron chi connectivity index (χ2n) is 5.89. The van der Waals surface area contributed by atoms with Crippen LogP contribution < -0.4 is 0 Å². The van der Waals surface area contributed by atoms with Gasteiger partial charge in [0.15, 0.2) is 0 Å². The Balaban J connectivity index is 1.73. The van der Waals surface area contributed by atoms with Crippen molar-refractivity contribution in [3.05, 3.63) is 58.5 Å². The molecule has 2 unspecified atom stereocenters. The number of furan rings is 1. The molecule has 0 aliphatic carbocycles. The van der Waals surface area contributed by atoms with E-state index in [1.54, 1.807) is 0 Å². The fourth-order valence-corrected chi connectivity index (χ4v) is 2.52. The summed E-state index contributed by atoms with van der Waals surface area (Å²) in [6.45, 7) is 5.35. The second kappa shape index (κ2) is 8.50. The Labute approximate surface area is 142 Å². The maximum Gasteiger partial charge on any atom is 0.118 e. The SMILES string of the molecule is Cc1ccc(CN(C)CC(O)COC(C)c2ccc(Cl)cc2)o1. The molecular formula is C18H24ClNO3. The molecule has 0 saturated carbocycles. The number of benzene rings is 1. The first-order valence-corrected chi connectivity index (χ1v) is 8.11. The quantitative estimate of drug-likeness (QED) is 0.795. The van der Waals surface area contributed by atoms with Crippen LogP contribution in [0, 0.1) is 6.92 Å². The zero-order chi connectivity index (χ0) is 16.8. The Hall–Kier alpha value is -1.33. The highest BCUT2D eigenvalue weighted by atomic mass is 35.5. The summed E-state index contributed by atoms with van der Waals surface area (Å²) in [5.41, 5.74) is 1.04. The Kier molecular flexibility index (Phi) is 6.66. The van der Waals surface area contributed by atoms with E-state index in [0.29, 0.717) is 18.1 Å². The van der Waals surface area contributed by atoms with Crippen molar-refractivity contribution in [2.45, 2.75) is 32.6 Å². The van der Waals surface area contributed by atoms with E-state index in [4.69, 9.17) is 20.8 Å². The third-order valence-electron chi connectivity index (χ3n) is 3.62. The molecule has 2 aromatic rings. The zero-order valence-corrected chi connectivity index (χ0v) is 14.6. The minimum atomic E-state index is -0.550. The van der Waals surface area contributed by atoms with Crippen molar-refractivity contribution in [2.75, 3.05) is 20.2 Å². The van der Waals surface area contributed by atoms with Gasteiger partial charge in [-0.05, 0) is 50.7 Å². The summed E-state index contributed by atoms with van der Waals surface area (Å²) in [6, 6.07) is 11.4. The number of aliphatic hydroxyl groups excluding tert-OH is 1. The molecule has 1 N–H and O–H groups in total. The van der Waals surface area contributed by atoms with Gasteiger partial charge in [0.2, 0.25) is 0 Å². The summed E-state index contributed by atoms with van der Waals surface area (Å²) in [5, 5.41) is 10.8. The molecule has 0 bridgehead atoms. The Bertz CT molecular complexity index is 597. The Morgan fingerprint density at radius 3 is 2.52 bits per heavy atom. The number of rotatable bonds is 8. The number of aryl methyl sites for hydroxylation is 1. The molecule has 2 rings (SSSR count). The molecule has 1 heterocycles. The molecule has 23 heavy (non-hydrogen) atoms. The lowest BCUT2D eigenvalue weighted by atomic mass is 10.1. The average molecular weight is 338 g/mol. The van der Waals surface area contributed by atoms with E-state index < -0.39 is 6.10 Å². The Morgan fingerprint density at radius 2 is 1.91 bits per heavy atom. The van der Waals surface area contributed by atoms with Crippen LogP contribution in [0.15, 0.2) is 40.8 Å². The van der Waals surface area contributed by atoms with Crippen molar-refractivity contribution in [3.63, 3.8) is 0 Å². The summed E-state index contributed by atoms with van der Waals surface area (Å²) in [7, 11) is 1.95. The molecule has 4 nitrogen and oxygen atoms in total. The van der Waals surface area contributed by atoms with E-state index in [0.717, 1.165) is 17.1 Å². The lowest BCUT2D eigenvalue weighted by molar-refractivity contribution is -0.0143. The maximum absolute atomic E-state index is 10.1. The average Bonchev–Trinajstić information content (AvgIpc) is 2.90. The number of aliphatic hydroxyl groups is 1. The van der Waals surface area contributed by atoms with Crippen molar-refractivity contribution in [1.29, 1.82) is 0 Å². The van der Waals surface area contributed by atoms with E-state index >= 15 is 0 Å². The van der Waals surface area contributed by atoms with Gasteiger partial charge in [-0.3, -0.25) is 4.90 Å². The summed E-state index contributed by atoms with van der Waals surface area (Å²) < 4.78 is 11.3. The van der Waals surface area contributed by atoms with Gasteiger partial charge in [-0.1, -0.05) is 23.7 Å². The van der Waals surface area contributed by atoms with Gasteiger partial charge in [-0.2, -0.15) is 0 Å². The van der Waals surface area contributed by atoms with Crippen molar-refractivity contribution >= 4 is 11.6 Å². The molecule has 0 aliphatic heterocycles. The molecule has 0 aliphatic rings. The van der Waals surface area contributed by atoms with E-state index in [1.165, 1.54) is 0 Å². The number of halogens is 1. The van der Waals surface area contributed by atoms with Gasteiger partial charge < -0.3 is 14.3 Å². The fourth-order valence-electron chi connectivity index (χ4n) is 2.40. The first kappa shape index (κ1) is 18.0. The van der Waals surface area contributed by atoms with Crippen LogP contribution in [0.25, 0.3) is 0 Å². The van der Waals surface area contributed by atoms with Crippen LogP contribution in [-0.4, -0.2) is 36.3 Å².